The summed E-state index contributed by atoms with van der Waals surface area (Å²) in [5.41, 5.74) is 1.73. The summed E-state index contributed by atoms with van der Waals surface area (Å²) in [7, 11) is 3.47. The molecule has 0 fully saturated rings. The summed E-state index contributed by atoms with van der Waals surface area (Å²) in [6.07, 6.45) is 1.86. The molecular formula is C16H19Cl2N3O. The first-order valence-electron chi connectivity index (χ1n) is 6.88. The van der Waals surface area contributed by atoms with Crippen LogP contribution in [0.4, 0.5) is 0 Å². The standard InChI is InChI=1S/C16H19Cl2N3O/c1-10-9-21(16(2,3)15(22)20(4)5)19-14(10)12-7-6-11(17)8-13(12)18/h6-9H,1-5H3. The molecular weight excluding hydrogens is 321 g/mol. The van der Waals surface area contributed by atoms with E-state index in [9.17, 15) is 4.79 Å². The van der Waals surface area contributed by atoms with E-state index >= 15 is 0 Å². The van der Waals surface area contributed by atoms with Crippen LogP contribution in [-0.4, -0.2) is 34.7 Å². The summed E-state index contributed by atoms with van der Waals surface area (Å²) >= 11 is 12.2. The molecule has 1 aromatic carbocycles. The van der Waals surface area contributed by atoms with E-state index in [1.807, 2.05) is 33.0 Å². The molecule has 0 aliphatic carbocycles. The Morgan fingerprint density at radius 2 is 1.91 bits per heavy atom. The van der Waals surface area contributed by atoms with Gasteiger partial charge in [0.15, 0.2) is 0 Å². The summed E-state index contributed by atoms with van der Waals surface area (Å²) in [5.74, 6) is -0.0243. The zero-order chi connectivity index (χ0) is 16.7. The van der Waals surface area contributed by atoms with E-state index in [1.54, 1.807) is 35.8 Å². The summed E-state index contributed by atoms with van der Waals surface area (Å²) in [4.78, 5) is 13.9. The molecule has 2 aromatic rings. The molecule has 1 heterocycles. The van der Waals surface area contributed by atoms with E-state index in [0.29, 0.717) is 10.0 Å². The van der Waals surface area contributed by atoms with Crippen LogP contribution in [0.25, 0.3) is 11.3 Å². The average Bonchev–Trinajstić information content (AvgIpc) is 2.80. The first-order chi connectivity index (χ1) is 10.1. The fraction of sp³-hybridized carbons (Fsp3) is 0.375. The van der Waals surface area contributed by atoms with Gasteiger partial charge >= 0.3 is 0 Å². The molecule has 4 nitrogen and oxygen atoms in total. The highest BCUT2D eigenvalue weighted by molar-refractivity contribution is 6.36. The van der Waals surface area contributed by atoms with Crippen LogP contribution < -0.4 is 0 Å². The van der Waals surface area contributed by atoms with Gasteiger partial charge < -0.3 is 4.90 Å². The summed E-state index contributed by atoms with van der Waals surface area (Å²) in [5, 5.41) is 5.70. The summed E-state index contributed by atoms with van der Waals surface area (Å²) in [6.45, 7) is 5.63. The van der Waals surface area contributed by atoms with Crippen LogP contribution in [-0.2, 0) is 10.3 Å². The Morgan fingerprint density at radius 1 is 1.27 bits per heavy atom. The quantitative estimate of drug-likeness (QED) is 0.847. The number of aryl methyl sites for hydroxylation is 1. The van der Waals surface area contributed by atoms with E-state index in [4.69, 9.17) is 23.2 Å². The van der Waals surface area contributed by atoms with Crippen molar-refractivity contribution < 1.29 is 4.79 Å². The molecule has 2 rings (SSSR count). The number of benzene rings is 1. The fourth-order valence-electron chi connectivity index (χ4n) is 2.34. The van der Waals surface area contributed by atoms with Gasteiger partial charge in [-0.2, -0.15) is 5.10 Å². The minimum absolute atomic E-state index is 0.0243. The lowest BCUT2D eigenvalue weighted by Crippen LogP contribution is -2.44. The molecule has 0 N–H and O–H groups in total. The van der Waals surface area contributed by atoms with Crippen molar-refractivity contribution in [3.05, 3.63) is 40.0 Å². The van der Waals surface area contributed by atoms with Crippen LogP contribution in [0.5, 0.6) is 0 Å². The molecule has 0 saturated carbocycles. The van der Waals surface area contributed by atoms with Crippen LogP contribution in [0.2, 0.25) is 10.0 Å². The Morgan fingerprint density at radius 3 is 2.45 bits per heavy atom. The van der Waals surface area contributed by atoms with Gasteiger partial charge in [-0.15, -0.1) is 0 Å². The average molecular weight is 340 g/mol. The van der Waals surface area contributed by atoms with Crippen LogP contribution >= 0.6 is 23.2 Å². The van der Waals surface area contributed by atoms with Gasteiger partial charge in [-0.05, 0) is 44.5 Å². The molecule has 0 aliphatic rings. The second kappa shape index (κ2) is 5.94. The lowest BCUT2D eigenvalue weighted by molar-refractivity contribution is -0.137. The van der Waals surface area contributed by atoms with Crippen LogP contribution in [0, 0.1) is 6.92 Å². The molecule has 0 bridgehead atoms. The number of aromatic nitrogens is 2. The molecule has 1 amide bonds. The molecule has 22 heavy (non-hydrogen) atoms. The van der Waals surface area contributed by atoms with Crippen LogP contribution in [0.1, 0.15) is 19.4 Å². The molecule has 118 valence electrons. The first-order valence-corrected chi connectivity index (χ1v) is 7.64. The lowest BCUT2D eigenvalue weighted by Gasteiger charge is -2.27. The minimum Gasteiger partial charge on any atom is -0.347 e. The predicted octanol–water partition coefficient (Wildman–Crippen LogP) is 3.99. The molecule has 0 saturated heterocycles. The molecule has 6 heteroatoms. The largest absolute Gasteiger partial charge is 0.347 e. The van der Waals surface area contributed by atoms with E-state index in [0.717, 1.165) is 16.8 Å². The highest BCUT2D eigenvalue weighted by atomic mass is 35.5. The predicted molar refractivity (Wildman–Crippen MR) is 90.4 cm³/mol. The number of amides is 1. The zero-order valence-electron chi connectivity index (χ0n) is 13.3. The molecule has 0 radical (unpaired) electrons. The Bertz CT molecular complexity index is 720. The van der Waals surface area contributed by atoms with Crippen molar-refractivity contribution in [3.63, 3.8) is 0 Å². The topological polar surface area (TPSA) is 38.1 Å². The van der Waals surface area contributed by atoms with Gasteiger partial charge in [-0.3, -0.25) is 9.48 Å². The third kappa shape index (κ3) is 2.99. The van der Waals surface area contributed by atoms with Gasteiger partial charge in [0.2, 0.25) is 5.91 Å². The summed E-state index contributed by atoms with van der Waals surface area (Å²) < 4.78 is 1.69. The molecule has 1 aromatic heterocycles. The van der Waals surface area contributed by atoms with Gasteiger partial charge in [0.25, 0.3) is 0 Å². The van der Waals surface area contributed by atoms with Gasteiger partial charge in [-0.1, -0.05) is 23.2 Å². The summed E-state index contributed by atoms with van der Waals surface area (Å²) in [6, 6.07) is 5.30. The Labute approximate surface area is 140 Å². The van der Waals surface area contributed by atoms with E-state index in [1.165, 1.54) is 0 Å². The Kier molecular flexibility index (Phi) is 4.54. The SMILES string of the molecule is Cc1cn(C(C)(C)C(=O)N(C)C)nc1-c1ccc(Cl)cc1Cl. The third-order valence-electron chi connectivity index (χ3n) is 3.59. The van der Waals surface area contributed by atoms with Crippen molar-refractivity contribution in [1.29, 1.82) is 0 Å². The smallest absolute Gasteiger partial charge is 0.249 e. The van der Waals surface area contributed by atoms with Gasteiger partial charge in [0.1, 0.15) is 5.54 Å². The number of rotatable bonds is 3. The number of carbonyl (C=O) groups excluding carboxylic acids is 1. The van der Waals surface area contributed by atoms with Gasteiger partial charge in [0, 0.05) is 30.9 Å². The van der Waals surface area contributed by atoms with Crippen molar-refractivity contribution in [2.24, 2.45) is 0 Å². The molecule has 0 aliphatic heterocycles. The maximum absolute atomic E-state index is 12.4. The number of carbonyl (C=O) groups is 1. The maximum Gasteiger partial charge on any atom is 0.249 e. The number of halogens is 2. The van der Waals surface area contributed by atoms with Crippen molar-refractivity contribution in [1.82, 2.24) is 14.7 Å². The van der Waals surface area contributed by atoms with Gasteiger partial charge in [-0.25, -0.2) is 0 Å². The Balaban J connectivity index is 2.51. The van der Waals surface area contributed by atoms with Gasteiger partial charge in [0.05, 0.1) is 10.7 Å². The normalized spacial score (nSPS) is 11.6. The van der Waals surface area contributed by atoms with Crippen LogP contribution in [0.15, 0.2) is 24.4 Å². The van der Waals surface area contributed by atoms with E-state index < -0.39 is 5.54 Å². The second-order valence-electron chi connectivity index (χ2n) is 5.99. The molecule has 0 spiro atoms. The number of hydrogen-bond donors (Lipinski definition) is 0. The maximum atomic E-state index is 12.4. The van der Waals surface area contributed by atoms with Crippen LogP contribution in [0.3, 0.4) is 0 Å². The highest BCUT2D eigenvalue weighted by Gasteiger charge is 2.32. The third-order valence-corrected chi connectivity index (χ3v) is 4.13. The van der Waals surface area contributed by atoms with Crippen molar-refractivity contribution in [2.45, 2.75) is 26.3 Å². The molecule has 0 unspecified atom stereocenters. The van der Waals surface area contributed by atoms with Crippen molar-refractivity contribution in [2.75, 3.05) is 14.1 Å². The zero-order valence-corrected chi connectivity index (χ0v) is 14.8. The lowest BCUT2D eigenvalue weighted by atomic mass is 10.0. The second-order valence-corrected chi connectivity index (χ2v) is 6.83. The van der Waals surface area contributed by atoms with E-state index in [2.05, 4.69) is 5.10 Å². The first kappa shape index (κ1) is 16.8. The monoisotopic (exact) mass is 339 g/mol. The Hall–Kier alpha value is -1.52. The molecule has 0 atom stereocenters. The number of likely N-dealkylation sites (N-methyl/N-ethyl adjacent to an activating group) is 1. The van der Waals surface area contributed by atoms with Crippen molar-refractivity contribution >= 4 is 29.1 Å². The highest BCUT2D eigenvalue weighted by Crippen LogP contribution is 2.32. The fourth-order valence-corrected chi connectivity index (χ4v) is 2.84. The minimum atomic E-state index is -0.772. The number of nitrogens with zero attached hydrogens (tertiary/aromatic N) is 3. The van der Waals surface area contributed by atoms with E-state index in [-0.39, 0.29) is 5.91 Å². The number of hydrogen-bond acceptors (Lipinski definition) is 2. The van der Waals surface area contributed by atoms with Crippen molar-refractivity contribution in [3.8, 4) is 11.3 Å².